The van der Waals surface area contributed by atoms with Gasteiger partial charge in [-0.1, -0.05) is 17.4 Å². The number of aromatic nitrogens is 1. The van der Waals surface area contributed by atoms with Crippen LogP contribution in [0.25, 0.3) is 0 Å². The molecule has 0 saturated carbocycles. The molecule has 0 aliphatic heterocycles. The van der Waals surface area contributed by atoms with Crippen LogP contribution >= 0.6 is 11.3 Å². The van der Waals surface area contributed by atoms with Crippen molar-refractivity contribution in [3.05, 3.63) is 39.1 Å². The van der Waals surface area contributed by atoms with Gasteiger partial charge in [-0.25, -0.2) is 13.1 Å². The van der Waals surface area contributed by atoms with Crippen molar-refractivity contribution in [2.75, 3.05) is 14.2 Å². The normalized spacial score (nSPS) is 11.4. The fraction of sp³-hybridized carbons (Fsp3) is 0.308. The van der Waals surface area contributed by atoms with Crippen LogP contribution in [0.5, 0.6) is 11.5 Å². The lowest BCUT2D eigenvalue weighted by Crippen LogP contribution is -2.23. The van der Waals surface area contributed by atoms with E-state index in [1.54, 1.807) is 25.1 Å². The predicted octanol–water partition coefficient (Wildman–Crippen LogP) is 1.24. The quantitative estimate of drug-likeness (QED) is 0.822. The van der Waals surface area contributed by atoms with Crippen molar-refractivity contribution in [3.8, 4) is 11.5 Å². The Bertz CT molecular complexity index is 823. The van der Waals surface area contributed by atoms with Crippen LogP contribution in [-0.2, 0) is 16.6 Å². The Kier molecular flexibility index (Phi) is 4.89. The summed E-state index contributed by atoms with van der Waals surface area (Å²) < 4.78 is 37.2. The highest BCUT2D eigenvalue weighted by Crippen LogP contribution is 2.27. The molecule has 0 saturated heterocycles. The number of hydrogen-bond acceptors (Lipinski definition) is 6. The Morgan fingerprint density at radius 1 is 1.23 bits per heavy atom. The number of rotatable bonds is 6. The number of H-pyrrole nitrogens is 1. The van der Waals surface area contributed by atoms with Gasteiger partial charge in [0.15, 0.2) is 15.7 Å². The molecule has 0 amide bonds. The second-order valence-electron chi connectivity index (χ2n) is 4.44. The van der Waals surface area contributed by atoms with Crippen molar-refractivity contribution in [1.82, 2.24) is 9.71 Å². The number of methoxy groups -OCH3 is 2. The third-order valence-electron chi connectivity index (χ3n) is 2.94. The monoisotopic (exact) mass is 344 g/mol. The molecule has 120 valence electrons. The van der Waals surface area contributed by atoms with Crippen LogP contribution in [0.15, 0.2) is 27.2 Å². The third kappa shape index (κ3) is 3.49. The Labute approximate surface area is 132 Å². The molecule has 7 nitrogen and oxygen atoms in total. The van der Waals surface area contributed by atoms with Crippen molar-refractivity contribution in [2.45, 2.75) is 17.7 Å². The van der Waals surface area contributed by atoms with Crippen molar-refractivity contribution >= 4 is 21.4 Å². The zero-order valence-corrected chi connectivity index (χ0v) is 13.9. The summed E-state index contributed by atoms with van der Waals surface area (Å²) >= 11 is 0.664. The molecule has 2 rings (SSSR count). The largest absolute Gasteiger partial charge is 0.493 e. The van der Waals surface area contributed by atoms with E-state index in [2.05, 4.69) is 9.71 Å². The van der Waals surface area contributed by atoms with Gasteiger partial charge in [0.2, 0.25) is 0 Å². The number of benzene rings is 1. The van der Waals surface area contributed by atoms with Gasteiger partial charge in [0.05, 0.1) is 14.2 Å². The molecular weight excluding hydrogens is 328 g/mol. The molecular formula is C13H16N2O5S2. The van der Waals surface area contributed by atoms with Gasteiger partial charge in [-0.3, -0.25) is 4.79 Å². The maximum Gasteiger partial charge on any atom is 0.305 e. The molecule has 0 fully saturated rings. The van der Waals surface area contributed by atoms with Crippen LogP contribution in [-0.4, -0.2) is 27.6 Å². The van der Waals surface area contributed by atoms with E-state index in [0.29, 0.717) is 34.1 Å². The zero-order valence-electron chi connectivity index (χ0n) is 12.3. The van der Waals surface area contributed by atoms with E-state index in [4.69, 9.17) is 9.47 Å². The number of aromatic amines is 1. The molecule has 9 heteroatoms. The van der Waals surface area contributed by atoms with E-state index in [9.17, 15) is 13.2 Å². The minimum Gasteiger partial charge on any atom is -0.493 e. The third-order valence-corrected chi connectivity index (χ3v) is 5.95. The molecule has 0 aliphatic carbocycles. The second kappa shape index (κ2) is 6.51. The highest BCUT2D eigenvalue weighted by atomic mass is 32.2. The van der Waals surface area contributed by atoms with E-state index in [1.807, 2.05) is 0 Å². The molecule has 0 aliphatic rings. The van der Waals surface area contributed by atoms with Gasteiger partial charge in [0.1, 0.15) is 0 Å². The molecule has 2 aromatic rings. The van der Waals surface area contributed by atoms with Gasteiger partial charge in [-0.2, -0.15) is 0 Å². The molecule has 22 heavy (non-hydrogen) atoms. The summed E-state index contributed by atoms with van der Waals surface area (Å²) in [5, 5.41) is 0. The second-order valence-corrected chi connectivity index (χ2v) is 7.39. The number of nitrogens with one attached hydrogen (secondary N) is 2. The first kappa shape index (κ1) is 16.5. The molecule has 1 aromatic carbocycles. The first-order chi connectivity index (χ1) is 10.4. The maximum absolute atomic E-state index is 12.2. The summed E-state index contributed by atoms with van der Waals surface area (Å²) in [5.41, 5.74) is 1.04. The summed E-state index contributed by atoms with van der Waals surface area (Å²) in [6, 6.07) is 5.12. The molecule has 0 unspecified atom stereocenters. The lowest BCUT2D eigenvalue weighted by Gasteiger charge is -2.10. The smallest absolute Gasteiger partial charge is 0.305 e. The number of ether oxygens (including phenoxy) is 2. The summed E-state index contributed by atoms with van der Waals surface area (Å²) in [6.45, 7) is 1.62. The lowest BCUT2D eigenvalue weighted by atomic mass is 10.2. The number of aryl methyl sites for hydroxylation is 1. The average Bonchev–Trinajstić information content (AvgIpc) is 2.84. The predicted molar refractivity (Wildman–Crippen MR) is 83.2 cm³/mol. The Morgan fingerprint density at radius 2 is 1.91 bits per heavy atom. The first-order valence-electron chi connectivity index (χ1n) is 6.27. The average molecular weight is 344 g/mol. The van der Waals surface area contributed by atoms with Gasteiger partial charge >= 0.3 is 4.87 Å². The maximum atomic E-state index is 12.2. The van der Waals surface area contributed by atoms with Crippen molar-refractivity contribution in [1.29, 1.82) is 0 Å². The van der Waals surface area contributed by atoms with Crippen molar-refractivity contribution in [2.24, 2.45) is 0 Å². The molecule has 1 heterocycles. The van der Waals surface area contributed by atoms with Gasteiger partial charge < -0.3 is 14.5 Å². The van der Waals surface area contributed by atoms with Crippen molar-refractivity contribution < 1.29 is 17.9 Å². The standard InChI is InChI=1S/C13H16N2O5S2/c1-8-12(21-13(16)15-8)22(17,18)14-7-9-4-5-10(19-2)11(6-9)20-3/h4-6,14H,7H2,1-3H3,(H,15,16). The van der Waals surface area contributed by atoms with E-state index >= 15 is 0 Å². The lowest BCUT2D eigenvalue weighted by molar-refractivity contribution is 0.354. The summed E-state index contributed by atoms with van der Waals surface area (Å²) in [7, 11) is -0.707. The molecule has 0 radical (unpaired) electrons. The van der Waals surface area contributed by atoms with E-state index in [-0.39, 0.29) is 10.8 Å². The molecule has 1 aromatic heterocycles. The minimum absolute atomic E-state index is 0.00187. The van der Waals surface area contributed by atoms with E-state index < -0.39 is 14.9 Å². The van der Waals surface area contributed by atoms with Gasteiger partial charge in [-0.05, 0) is 24.6 Å². The van der Waals surface area contributed by atoms with Crippen LogP contribution in [0, 0.1) is 6.92 Å². The van der Waals surface area contributed by atoms with Crippen LogP contribution < -0.4 is 19.1 Å². The molecule has 2 N–H and O–H groups in total. The van der Waals surface area contributed by atoms with Gasteiger partial charge in [0, 0.05) is 12.2 Å². The fourth-order valence-corrected chi connectivity index (χ4v) is 4.24. The summed E-state index contributed by atoms with van der Waals surface area (Å²) in [4.78, 5) is 13.3. The minimum atomic E-state index is -3.74. The Hall–Kier alpha value is -1.84. The van der Waals surface area contributed by atoms with Crippen LogP contribution in [0.4, 0.5) is 0 Å². The summed E-state index contributed by atoms with van der Waals surface area (Å²) in [6.07, 6.45) is 0. The topological polar surface area (TPSA) is 97.5 Å². The van der Waals surface area contributed by atoms with Crippen molar-refractivity contribution in [3.63, 3.8) is 0 Å². The highest BCUT2D eigenvalue weighted by molar-refractivity contribution is 7.91. The Morgan fingerprint density at radius 3 is 2.45 bits per heavy atom. The number of thiazole rings is 1. The van der Waals surface area contributed by atoms with Crippen LogP contribution in [0.2, 0.25) is 0 Å². The van der Waals surface area contributed by atoms with E-state index in [0.717, 1.165) is 0 Å². The first-order valence-corrected chi connectivity index (χ1v) is 8.57. The Balaban J connectivity index is 2.19. The number of sulfonamides is 1. The summed E-state index contributed by atoms with van der Waals surface area (Å²) in [5.74, 6) is 1.08. The zero-order chi connectivity index (χ0) is 16.3. The molecule has 0 bridgehead atoms. The van der Waals surface area contributed by atoms with E-state index in [1.165, 1.54) is 14.2 Å². The SMILES string of the molecule is COc1ccc(CNS(=O)(=O)c2sc(=O)[nH]c2C)cc1OC. The van der Waals surface area contributed by atoms with Crippen LogP contribution in [0.1, 0.15) is 11.3 Å². The van der Waals surface area contributed by atoms with Gasteiger partial charge in [-0.15, -0.1) is 0 Å². The highest BCUT2D eigenvalue weighted by Gasteiger charge is 2.20. The molecule has 0 spiro atoms. The number of hydrogen-bond donors (Lipinski definition) is 2. The van der Waals surface area contributed by atoms with Gasteiger partial charge in [0.25, 0.3) is 10.0 Å². The molecule has 0 atom stereocenters. The fourth-order valence-electron chi connectivity index (χ4n) is 1.88. The van der Waals surface area contributed by atoms with Crippen LogP contribution in [0.3, 0.4) is 0 Å².